The van der Waals surface area contributed by atoms with Crippen molar-refractivity contribution < 1.29 is 14.7 Å². The normalized spacial score (nSPS) is 15.9. The smallest absolute Gasteiger partial charge is 0.221 e. The highest BCUT2D eigenvalue weighted by molar-refractivity contribution is 5.84. The fourth-order valence-electron chi connectivity index (χ4n) is 3.08. The maximum absolute atomic E-state index is 12.0. The summed E-state index contributed by atoms with van der Waals surface area (Å²) in [5, 5.41) is 15.3. The molecule has 0 bridgehead atoms. The molecule has 5 heteroatoms. The van der Waals surface area contributed by atoms with Gasteiger partial charge in [0, 0.05) is 18.9 Å². The molecule has 1 aromatic rings. The van der Waals surface area contributed by atoms with Crippen LogP contribution in [0.25, 0.3) is 0 Å². The van der Waals surface area contributed by atoms with Gasteiger partial charge in [-0.2, -0.15) is 0 Å². The third-order valence-corrected chi connectivity index (χ3v) is 4.61. The molecule has 132 valence electrons. The number of aryl methyl sites for hydroxylation is 1. The van der Waals surface area contributed by atoms with Crippen LogP contribution >= 0.6 is 0 Å². The molecule has 5 nitrogen and oxygen atoms in total. The Labute approximate surface area is 143 Å². The number of benzene rings is 1. The highest BCUT2D eigenvalue weighted by atomic mass is 16.3. The Kier molecular flexibility index (Phi) is 7.25. The van der Waals surface area contributed by atoms with Crippen LogP contribution in [-0.4, -0.2) is 29.6 Å². The minimum absolute atomic E-state index is 0.0649. The van der Waals surface area contributed by atoms with Crippen molar-refractivity contribution in [3.63, 3.8) is 0 Å². The van der Waals surface area contributed by atoms with E-state index in [1.165, 1.54) is 18.4 Å². The van der Waals surface area contributed by atoms with Crippen molar-refractivity contribution in [2.24, 2.45) is 0 Å². The van der Waals surface area contributed by atoms with Gasteiger partial charge in [-0.3, -0.25) is 9.59 Å². The zero-order chi connectivity index (χ0) is 17.4. The number of aliphatic hydroxyl groups excluding tert-OH is 1. The van der Waals surface area contributed by atoms with Gasteiger partial charge in [-0.05, 0) is 30.4 Å². The first kappa shape index (κ1) is 18.5. The summed E-state index contributed by atoms with van der Waals surface area (Å²) < 4.78 is 0. The molecular weight excluding hydrogens is 304 g/mol. The lowest BCUT2D eigenvalue weighted by molar-refractivity contribution is -0.127. The van der Waals surface area contributed by atoms with Gasteiger partial charge < -0.3 is 15.7 Å². The molecule has 1 unspecified atom stereocenters. The molecule has 0 radical (unpaired) electrons. The molecule has 3 N–H and O–H groups in total. The maximum atomic E-state index is 12.0. The molecule has 0 aromatic heterocycles. The van der Waals surface area contributed by atoms with Crippen molar-refractivity contribution in [3.8, 4) is 0 Å². The van der Waals surface area contributed by atoms with Crippen LogP contribution in [0.1, 0.15) is 62.6 Å². The third kappa shape index (κ3) is 5.64. The summed E-state index contributed by atoms with van der Waals surface area (Å²) in [6.07, 6.45) is 5.70. The summed E-state index contributed by atoms with van der Waals surface area (Å²) in [6.45, 7) is 1.92. The van der Waals surface area contributed by atoms with Gasteiger partial charge in [-0.25, -0.2) is 0 Å². The Bertz CT molecular complexity index is 536. The van der Waals surface area contributed by atoms with Crippen LogP contribution in [-0.2, 0) is 16.0 Å². The lowest BCUT2D eigenvalue weighted by Crippen LogP contribution is -2.35. The average Bonchev–Trinajstić information content (AvgIpc) is 3.11. The van der Waals surface area contributed by atoms with Gasteiger partial charge in [0.1, 0.15) is 0 Å². The quantitative estimate of drug-likeness (QED) is 0.683. The van der Waals surface area contributed by atoms with Gasteiger partial charge in [0.2, 0.25) is 11.8 Å². The van der Waals surface area contributed by atoms with E-state index < -0.39 is 6.04 Å². The first-order chi connectivity index (χ1) is 11.6. The summed E-state index contributed by atoms with van der Waals surface area (Å²) >= 11 is 0. The van der Waals surface area contributed by atoms with E-state index in [0.717, 1.165) is 24.8 Å². The number of rotatable bonds is 8. The molecule has 2 rings (SSSR count). The Hall–Kier alpha value is -1.88. The van der Waals surface area contributed by atoms with Gasteiger partial charge in [0.15, 0.2) is 0 Å². The highest BCUT2D eigenvalue weighted by Crippen LogP contribution is 2.18. The third-order valence-electron chi connectivity index (χ3n) is 4.61. The molecule has 2 amide bonds. The molecule has 24 heavy (non-hydrogen) atoms. The van der Waals surface area contributed by atoms with Crippen molar-refractivity contribution in [2.75, 3.05) is 6.61 Å². The maximum Gasteiger partial charge on any atom is 0.221 e. The zero-order valence-electron chi connectivity index (χ0n) is 14.4. The summed E-state index contributed by atoms with van der Waals surface area (Å²) in [6, 6.07) is 7.70. The highest BCUT2D eigenvalue weighted by Gasteiger charge is 2.18. The van der Waals surface area contributed by atoms with Crippen LogP contribution in [0.5, 0.6) is 0 Å². The van der Waals surface area contributed by atoms with Crippen LogP contribution in [0, 0.1) is 0 Å². The van der Waals surface area contributed by atoms with Crippen molar-refractivity contribution in [1.29, 1.82) is 0 Å². The zero-order valence-corrected chi connectivity index (χ0v) is 14.4. The molecule has 1 aromatic carbocycles. The minimum Gasteiger partial charge on any atom is -0.394 e. The molecule has 0 spiro atoms. The van der Waals surface area contributed by atoms with Crippen LogP contribution in [0.15, 0.2) is 24.3 Å². The minimum atomic E-state index is -0.429. The van der Waals surface area contributed by atoms with Crippen molar-refractivity contribution in [3.05, 3.63) is 35.4 Å². The van der Waals surface area contributed by atoms with Crippen LogP contribution in [0.3, 0.4) is 0 Å². The summed E-state index contributed by atoms with van der Waals surface area (Å²) in [4.78, 5) is 23.9. The second kappa shape index (κ2) is 9.42. The summed E-state index contributed by atoms with van der Waals surface area (Å²) in [5.41, 5.74) is 2.09. The first-order valence-electron chi connectivity index (χ1n) is 8.90. The number of carbonyl (C=O) groups is 2. The van der Waals surface area contributed by atoms with Crippen molar-refractivity contribution in [1.82, 2.24) is 10.6 Å². The fraction of sp³-hybridized carbons (Fsp3) is 0.579. The molecule has 0 aliphatic heterocycles. The molecule has 1 fully saturated rings. The second-order valence-corrected chi connectivity index (χ2v) is 6.45. The summed E-state index contributed by atoms with van der Waals surface area (Å²) in [7, 11) is 0. The van der Waals surface area contributed by atoms with E-state index in [2.05, 4.69) is 17.6 Å². The topological polar surface area (TPSA) is 78.4 Å². The van der Waals surface area contributed by atoms with Crippen molar-refractivity contribution in [2.45, 2.75) is 64.0 Å². The van der Waals surface area contributed by atoms with Gasteiger partial charge in [-0.15, -0.1) is 0 Å². The van der Waals surface area contributed by atoms with Crippen molar-refractivity contribution >= 4 is 11.8 Å². The Morgan fingerprint density at radius 1 is 1.12 bits per heavy atom. The van der Waals surface area contributed by atoms with E-state index in [0.29, 0.717) is 0 Å². The summed E-state index contributed by atoms with van der Waals surface area (Å²) in [5.74, 6) is -0.278. The predicted octanol–water partition coefficient (Wildman–Crippen LogP) is 2.24. The van der Waals surface area contributed by atoms with Gasteiger partial charge in [-0.1, -0.05) is 44.0 Å². The predicted molar refractivity (Wildman–Crippen MR) is 93.4 cm³/mol. The number of hydrogen-bond donors (Lipinski definition) is 3. The van der Waals surface area contributed by atoms with Crippen LogP contribution < -0.4 is 10.6 Å². The van der Waals surface area contributed by atoms with Crippen LogP contribution in [0.2, 0.25) is 0 Å². The van der Waals surface area contributed by atoms with E-state index in [4.69, 9.17) is 0 Å². The first-order valence-corrected chi connectivity index (χ1v) is 8.90. The molecule has 1 atom stereocenters. The lowest BCUT2D eigenvalue weighted by Gasteiger charge is -2.17. The Balaban J connectivity index is 1.77. The van der Waals surface area contributed by atoms with E-state index in [1.807, 2.05) is 24.3 Å². The SMILES string of the molecule is CCc1ccc(C(CO)NC(=O)CCC(=O)NC2CCCC2)cc1. The molecular formula is C19H28N2O3. The van der Waals surface area contributed by atoms with E-state index in [9.17, 15) is 14.7 Å². The lowest BCUT2D eigenvalue weighted by atomic mass is 10.0. The Morgan fingerprint density at radius 2 is 1.75 bits per heavy atom. The number of carbonyl (C=O) groups excluding carboxylic acids is 2. The molecule has 0 heterocycles. The van der Waals surface area contributed by atoms with Gasteiger partial charge in [0.25, 0.3) is 0 Å². The molecule has 1 saturated carbocycles. The molecule has 1 aliphatic carbocycles. The fourth-order valence-corrected chi connectivity index (χ4v) is 3.08. The average molecular weight is 332 g/mol. The second-order valence-electron chi connectivity index (χ2n) is 6.45. The molecule has 0 saturated heterocycles. The van der Waals surface area contributed by atoms with E-state index in [-0.39, 0.29) is 37.3 Å². The standard InChI is InChI=1S/C19H28N2O3/c1-2-14-7-9-15(10-8-14)17(13-22)21-19(24)12-11-18(23)20-16-5-3-4-6-16/h7-10,16-17,22H,2-6,11-13H2,1H3,(H,20,23)(H,21,24). The van der Waals surface area contributed by atoms with E-state index in [1.54, 1.807) is 0 Å². The number of nitrogens with one attached hydrogen (secondary N) is 2. The van der Waals surface area contributed by atoms with Gasteiger partial charge in [0.05, 0.1) is 12.6 Å². The largest absolute Gasteiger partial charge is 0.394 e. The van der Waals surface area contributed by atoms with Crippen LogP contribution in [0.4, 0.5) is 0 Å². The number of amides is 2. The van der Waals surface area contributed by atoms with E-state index >= 15 is 0 Å². The number of hydrogen-bond acceptors (Lipinski definition) is 3. The molecule has 1 aliphatic rings. The number of aliphatic hydroxyl groups is 1. The monoisotopic (exact) mass is 332 g/mol. The Morgan fingerprint density at radius 3 is 2.33 bits per heavy atom. The van der Waals surface area contributed by atoms with Gasteiger partial charge >= 0.3 is 0 Å².